The maximum atomic E-state index is 12.6. The van der Waals surface area contributed by atoms with Crippen LogP contribution < -0.4 is 5.73 Å². The summed E-state index contributed by atoms with van der Waals surface area (Å²) < 4.78 is 37.8. The quantitative estimate of drug-likeness (QED) is 0.864. The van der Waals surface area contributed by atoms with Crippen molar-refractivity contribution in [3.05, 3.63) is 40.0 Å². The van der Waals surface area contributed by atoms with Crippen LogP contribution in [0.1, 0.15) is 5.69 Å². The van der Waals surface area contributed by atoms with Crippen molar-refractivity contribution >= 4 is 29.2 Å². The van der Waals surface area contributed by atoms with E-state index in [4.69, 9.17) is 28.9 Å². The molecule has 2 rings (SSSR count). The van der Waals surface area contributed by atoms with Gasteiger partial charge in [-0.3, -0.25) is 0 Å². The van der Waals surface area contributed by atoms with Crippen LogP contribution in [0.5, 0.6) is 0 Å². The van der Waals surface area contributed by atoms with E-state index in [1.165, 1.54) is 18.2 Å². The summed E-state index contributed by atoms with van der Waals surface area (Å²) in [5, 5.41) is 0.508. The van der Waals surface area contributed by atoms with E-state index in [1.54, 1.807) is 0 Å². The van der Waals surface area contributed by atoms with Gasteiger partial charge in [-0.15, -0.1) is 0 Å². The lowest BCUT2D eigenvalue weighted by Gasteiger charge is -2.09. The second-order valence-corrected chi connectivity index (χ2v) is 4.44. The molecule has 0 saturated heterocycles. The zero-order chi connectivity index (χ0) is 14.2. The lowest BCUT2D eigenvalue weighted by Crippen LogP contribution is -2.11. The fourth-order valence-electron chi connectivity index (χ4n) is 1.41. The molecule has 0 bridgehead atoms. The number of hydrogen-bond donors (Lipinski definition) is 1. The summed E-state index contributed by atoms with van der Waals surface area (Å²) in [5.41, 5.74) is 4.57. The molecule has 0 aliphatic rings. The van der Waals surface area contributed by atoms with Crippen LogP contribution in [0, 0.1) is 0 Å². The topological polar surface area (TPSA) is 51.8 Å². The van der Waals surface area contributed by atoms with E-state index in [9.17, 15) is 13.2 Å². The molecule has 2 aromatic rings. The second-order valence-electron chi connectivity index (χ2n) is 3.62. The molecular formula is C11H6Cl2F3N3. The van der Waals surface area contributed by atoms with E-state index in [0.29, 0.717) is 10.6 Å². The van der Waals surface area contributed by atoms with E-state index >= 15 is 0 Å². The number of anilines is 1. The Labute approximate surface area is 116 Å². The fourth-order valence-corrected chi connectivity index (χ4v) is 1.71. The Kier molecular flexibility index (Phi) is 3.56. The van der Waals surface area contributed by atoms with Crippen LogP contribution in [-0.4, -0.2) is 9.97 Å². The summed E-state index contributed by atoms with van der Waals surface area (Å²) >= 11 is 11.5. The fraction of sp³-hybridized carbons (Fsp3) is 0.0909. The largest absolute Gasteiger partial charge is 0.433 e. The molecule has 0 atom stereocenters. The van der Waals surface area contributed by atoms with Gasteiger partial charge in [0.25, 0.3) is 0 Å². The molecule has 0 spiro atoms. The van der Waals surface area contributed by atoms with Gasteiger partial charge in [-0.25, -0.2) is 9.97 Å². The van der Waals surface area contributed by atoms with Crippen LogP contribution in [-0.2, 0) is 6.18 Å². The minimum Gasteiger partial charge on any atom is -0.368 e. The van der Waals surface area contributed by atoms with Gasteiger partial charge in [0.2, 0.25) is 5.95 Å². The normalized spacial score (nSPS) is 11.6. The number of alkyl halides is 3. The number of aromatic nitrogens is 2. The van der Waals surface area contributed by atoms with Gasteiger partial charge in [-0.05, 0) is 18.2 Å². The highest BCUT2D eigenvalue weighted by Gasteiger charge is 2.33. The summed E-state index contributed by atoms with van der Waals surface area (Å²) in [6.45, 7) is 0. The van der Waals surface area contributed by atoms with Gasteiger partial charge >= 0.3 is 6.18 Å². The Morgan fingerprint density at radius 2 is 1.68 bits per heavy atom. The zero-order valence-electron chi connectivity index (χ0n) is 9.17. The standard InChI is InChI=1S/C11H6Cl2F3N3/c12-6-2-1-5(3-7(6)13)8-4-9(11(14,15)16)19-10(17)18-8/h1-4H,(H2,17,18,19). The first-order valence-electron chi connectivity index (χ1n) is 4.94. The molecule has 0 amide bonds. The summed E-state index contributed by atoms with van der Waals surface area (Å²) in [4.78, 5) is 6.91. The van der Waals surface area contributed by atoms with Crippen molar-refractivity contribution in [3.8, 4) is 11.3 Å². The highest BCUT2D eigenvalue weighted by atomic mass is 35.5. The van der Waals surface area contributed by atoms with Gasteiger partial charge in [-0.2, -0.15) is 13.2 Å². The number of hydrogen-bond acceptors (Lipinski definition) is 3. The summed E-state index contributed by atoms with van der Waals surface area (Å²) in [6, 6.07) is 5.17. The maximum absolute atomic E-state index is 12.6. The van der Waals surface area contributed by atoms with Crippen molar-refractivity contribution < 1.29 is 13.2 Å². The van der Waals surface area contributed by atoms with Crippen LogP contribution in [0.2, 0.25) is 10.0 Å². The molecule has 0 aliphatic carbocycles. The van der Waals surface area contributed by atoms with Crippen molar-refractivity contribution in [2.75, 3.05) is 5.73 Å². The van der Waals surface area contributed by atoms with E-state index < -0.39 is 17.8 Å². The summed E-state index contributed by atoms with van der Waals surface area (Å²) in [5.74, 6) is -0.462. The average Bonchev–Trinajstić information content (AvgIpc) is 2.31. The predicted octanol–water partition coefficient (Wildman–Crippen LogP) is 4.05. The van der Waals surface area contributed by atoms with Gasteiger partial charge in [0.15, 0.2) is 5.69 Å². The lowest BCUT2D eigenvalue weighted by atomic mass is 10.1. The molecular weight excluding hydrogens is 302 g/mol. The van der Waals surface area contributed by atoms with Crippen LogP contribution in [0.4, 0.5) is 19.1 Å². The van der Waals surface area contributed by atoms with E-state index in [2.05, 4.69) is 9.97 Å². The first-order valence-corrected chi connectivity index (χ1v) is 5.70. The monoisotopic (exact) mass is 307 g/mol. The third-order valence-electron chi connectivity index (χ3n) is 2.25. The Balaban J connectivity index is 2.56. The molecule has 19 heavy (non-hydrogen) atoms. The molecule has 0 aliphatic heterocycles. The number of nitrogens with two attached hydrogens (primary N) is 1. The van der Waals surface area contributed by atoms with Crippen molar-refractivity contribution in [1.29, 1.82) is 0 Å². The first kappa shape index (κ1) is 13.9. The third-order valence-corrected chi connectivity index (χ3v) is 2.99. The molecule has 100 valence electrons. The lowest BCUT2D eigenvalue weighted by molar-refractivity contribution is -0.141. The molecule has 2 N–H and O–H groups in total. The van der Waals surface area contributed by atoms with Gasteiger partial charge < -0.3 is 5.73 Å². The smallest absolute Gasteiger partial charge is 0.368 e. The Hall–Kier alpha value is -1.53. The number of rotatable bonds is 1. The molecule has 0 saturated carbocycles. The minimum absolute atomic E-state index is 0.0263. The molecule has 0 radical (unpaired) electrons. The van der Waals surface area contributed by atoms with Gasteiger partial charge in [0, 0.05) is 5.56 Å². The average molecular weight is 308 g/mol. The Bertz CT molecular complexity index is 629. The second kappa shape index (κ2) is 4.86. The highest BCUT2D eigenvalue weighted by Crippen LogP contribution is 2.32. The van der Waals surface area contributed by atoms with Crippen molar-refractivity contribution in [1.82, 2.24) is 9.97 Å². The van der Waals surface area contributed by atoms with Crippen LogP contribution in [0.15, 0.2) is 24.3 Å². The molecule has 0 unspecified atom stereocenters. The van der Waals surface area contributed by atoms with Gasteiger partial charge in [0.1, 0.15) is 0 Å². The van der Waals surface area contributed by atoms with Crippen molar-refractivity contribution in [2.24, 2.45) is 0 Å². The Morgan fingerprint density at radius 1 is 1.00 bits per heavy atom. The minimum atomic E-state index is -4.60. The molecule has 0 fully saturated rings. The van der Waals surface area contributed by atoms with Crippen molar-refractivity contribution in [2.45, 2.75) is 6.18 Å². The van der Waals surface area contributed by atoms with Crippen LogP contribution >= 0.6 is 23.2 Å². The third kappa shape index (κ3) is 3.08. The highest BCUT2D eigenvalue weighted by molar-refractivity contribution is 6.42. The number of benzene rings is 1. The number of nitrogens with zero attached hydrogens (tertiary/aromatic N) is 2. The van der Waals surface area contributed by atoms with Gasteiger partial charge in [0.05, 0.1) is 15.7 Å². The van der Waals surface area contributed by atoms with Crippen molar-refractivity contribution in [3.63, 3.8) is 0 Å². The predicted molar refractivity (Wildman–Crippen MR) is 66.9 cm³/mol. The van der Waals surface area contributed by atoms with Crippen LogP contribution in [0.25, 0.3) is 11.3 Å². The van der Waals surface area contributed by atoms with E-state index in [0.717, 1.165) is 6.07 Å². The first-order chi connectivity index (χ1) is 8.77. The zero-order valence-corrected chi connectivity index (χ0v) is 10.7. The SMILES string of the molecule is Nc1nc(-c2ccc(Cl)c(Cl)c2)cc(C(F)(F)F)n1. The number of halogens is 5. The molecule has 1 aromatic heterocycles. The molecule has 1 aromatic carbocycles. The van der Waals surface area contributed by atoms with E-state index in [1.807, 2.05) is 0 Å². The Morgan fingerprint density at radius 3 is 2.26 bits per heavy atom. The summed E-state index contributed by atoms with van der Waals surface area (Å²) in [7, 11) is 0. The molecule has 8 heteroatoms. The number of nitrogen functional groups attached to an aromatic ring is 1. The molecule has 1 heterocycles. The summed E-state index contributed by atoms with van der Waals surface area (Å²) in [6.07, 6.45) is -4.60. The van der Waals surface area contributed by atoms with Gasteiger partial charge in [-0.1, -0.05) is 29.3 Å². The molecule has 3 nitrogen and oxygen atoms in total. The maximum Gasteiger partial charge on any atom is 0.433 e. The van der Waals surface area contributed by atoms with Crippen LogP contribution in [0.3, 0.4) is 0 Å². The van der Waals surface area contributed by atoms with E-state index in [-0.39, 0.29) is 10.7 Å².